The van der Waals surface area contributed by atoms with E-state index in [2.05, 4.69) is 25.9 Å². The van der Waals surface area contributed by atoms with Gasteiger partial charge in [-0.15, -0.1) is 11.3 Å². The van der Waals surface area contributed by atoms with Crippen LogP contribution in [0.1, 0.15) is 19.4 Å². The van der Waals surface area contributed by atoms with Crippen molar-refractivity contribution < 1.29 is 19.1 Å². The highest BCUT2D eigenvalue weighted by atomic mass is 35.5. The van der Waals surface area contributed by atoms with Gasteiger partial charge in [-0.1, -0.05) is 17.7 Å². The van der Waals surface area contributed by atoms with Crippen LogP contribution in [0.3, 0.4) is 0 Å². The molecule has 3 N–H and O–H groups in total. The molecule has 0 radical (unpaired) electrons. The standard InChI is InChI=1S/C23H24ClN7O4S/c1-4-31-18-9-15(6-5-14(18)11-30(13(2)32)12-19(31)33)27-22-26-10-16(24)20(29-22)28-17-7-8-36-21(17)35-23(34)25-3/h5-10H,4,11-12H2,1-3H3,(H,25,34)(H2,26,27,28,29). The topological polar surface area (TPSA) is 129 Å². The van der Waals surface area contributed by atoms with Gasteiger partial charge in [0.2, 0.25) is 22.8 Å². The van der Waals surface area contributed by atoms with Crippen LogP contribution in [0.2, 0.25) is 5.02 Å². The summed E-state index contributed by atoms with van der Waals surface area (Å²) in [5, 5.41) is 11.0. The Morgan fingerprint density at radius 1 is 1.22 bits per heavy atom. The minimum absolute atomic E-state index is 0.0319. The number of fused-ring (bicyclic) bond motifs is 1. The molecular formula is C23H24ClN7O4S. The van der Waals surface area contributed by atoms with Gasteiger partial charge >= 0.3 is 6.09 Å². The number of likely N-dealkylation sites (N-methyl/N-ethyl adjacent to an activating group) is 1. The number of hydrogen-bond acceptors (Lipinski definition) is 9. The number of rotatable bonds is 6. The molecule has 0 fully saturated rings. The molecule has 11 nitrogen and oxygen atoms in total. The maximum Gasteiger partial charge on any atom is 0.413 e. The number of nitrogens with one attached hydrogen (secondary N) is 3. The number of nitrogens with zero attached hydrogens (tertiary/aromatic N) is 4. The largest absolute Gasteiger partial charge is 0.413 e. The lowest BCUT2D eigenvalue weighted by molar-refractivity contribution is -0.133. The molecule has 1 aliphatic rings. The fourth-order valence-electron chi connectivity index (χ4n) is 3.61. The Kier molecular flexibility index (Phi) is 7.55. The molecule has 0 bridgehead atoms. The highest BCUT2D eigenvalue weighted by molar-refractivity contribution is 7.12. The summed E-state index contributed by atoms with van der Waals surface area (Å²) in [5.41, 5.74) is 2.76. The Morgan fingerprint density at radius 2 is 2.03 bits per heavy atom. The van der Waals surface area contributed by atoms with Gasteiger partial charge in [-0.2, -0.15) is 4.98 Å². The summed E-state index contributed by atoms with van der Waals surface area (Å²) in [7, 11) is 1.47. The van der Waals surface area contributed by atoms with Crippen molar-refractivity contribution in [3.8, 4) is 5.06 Å². The summed E-state index contributed by atoms with van der Waals surface area (Å²) in [6, 6.07) is 7.28. The van der Waals surface area contributed by atoms with Crippen LogP contribution in [0, 0.1) is 0 Å². The number of anilines is 5. The van der Waals surface area contributed by atoms with Crippen molar-refractivity contribution in [3.05, 3.63) is 46.4 Å². The van der Waals surface area contributed by atoms with Crippen LogP contribution in [-0.2, 0) is 16.1 Å². The van der Waals surface area contributed by atoms with Crippen LogP contribution in [0.4, 0.5) is 33.6 Å². The van der Waals surface area contributed by atoms with E-state index in [-0.39, 0.29) is 29.3 Å². The van der Waals surface area contributed by atoms with Gasteiger partial charge in [-0.3, -0.25) is 9.59 Å². The molecule has 2 aromatic heterocycles. The third kappa shape index (κ3) is 5.50. The highest BCUT2D eigenvalue weighted by Gasteiger charge is 2.27. The second-order valence-electron chi connectivity index (χ2n) is 7.76. The van der Waals surface area contributed by atoms with Crippen molar-refractivity contribution in [2.45, 2.75) is 20.4 Å². The number of benzene rings is 1. The lowest BCUT2D eigenvalue weighted by Crippen LogP contribution is -2.39. The van der Waals surface area contributed by atoms with Crippen molar-refractivity contribution in [1.82, 2.24) is 20.2 Å². The summed E-state index contributed by atoms with van der Waals surface area (Å²) in [4.78, 5) is 48.2. The Morgan fingerprint density at radius 3 is 2.75 bits per heavy atom. The zero-order chi connectivity index (χ0) is 25.8. The van der Waals surface area contributed by atoms with Gasteiger partial charge in [0.25, 0.3) is 0 Å². The van der Waals surface area contributed by atoms with Crippen LogP contribution in [0.5, 0.6) is 5.06 Å². The van der Waals surface area contributed by atoms with Crippen molar-refractivity contribution >= 4 is 69.7 Å². The molecule has 0 saturated carbocycles. The van der Waals surface area contributed by atoms with Crippen LogP contribution >= 0.6 is 22.9 Å². The van der Waals surface area contributed by atoms with Crippen LogP contribution in [-0.4, -0.2) is 52.9 Å². The van der Waals surface area contributed by atoms with Crippen molar-refractivity contribution in [1.29, 1.82) is 0 Å². The molecule has 188 valence electrons. The number of carbonyl (C=O) groups is 3. The smallest absolute Gasteiger partial charge is 0.397 e. The highest BCUT2D eigenvalue weighted by Crippen LogP contribution is 2.35. The number of carbonyl (C=O) groups excluding carboxylic acids is 3. The van der Waals surface area contributed by atoms with Crippen LogP contribution in [0.25, 0.3) is 0 Å². The minimum atomic E-state index is -0.592. The summed E-state index contributed by atoms with van der Waals surface area (Å²) < 4.78 is 5.23. The van der Waals surface area contributed by atoms with Crippen LogP contribution < -0.4 is 25.6 Å². The first kappa shape index (κ1) is 25.2. The zero-order valence-corrected chi connectivity index (χ0v) is 21.4. The third-order valence-corrected chi connectivity index (χ3v) is 6.46. The van der Waals surface area contributed by atoms with Crippen molar-refractivity contribution in [2.75, 3.05) is 35.7 Å². The van der Waals surface area contributed by atoms with E-state index in [0.29, 0.717) is 35.3 Å². The molecule has 3 amide bonds. The molecule has 13 heteroatoms. The van der Waals surface area contributed by atoms with E-state index in [1.165, 1.54) is 36.4 Å². The third-order valence-electron chi connectivity index (χ3n) is 5.40. The average molecular weight is 530 g/mol. The average Bonchev–Trinajstić information content (AvgIpc) is 3.22. The van der Waals surface area contributed by atoms with E-state index in [1.54, 1.807) is 16.3 Å². The quantitative estimate of drug-likeness (QED) is 0.435. The van der Waals surface area contributed by atoms with E-state index in [9.17, 15) is 14.4 Å². The number of halogens is 1. The van der Waals surface area contributed by atoms with Crippen molar-refractivity contribution in [3.63, 3.8) is 0 Å². The van der Waals surface area contributed by atoms with E-state index >= 15 is 0 Å². The number of thiophene rings is 1. The van der Waals surface area contributed by atoms with Crippen molar-refractivity contribution in [2.24, 2.45) is 0 Å². The number of ether oxygens (including phenoxy) is 1. The molecule has 3 aromatic rings. The Hall–Kier alpha value is -3.90. The normalized spacial score (nSPS) is 13.1. The van der Waals surface area contributed by atoms with Gasteiger partial charge in [0.15, 0.2) is 5.82 Å². The molecule has 1 aromatic carbocycles. The lowest BCUT2D eigenvalue weighted by atomic mass is 10.1. The number of hydrogen-bond donors (Lipinski definition) is 3. The monoisotopic (exact) mass is 529 g/mol. The fraction of sp³-hybridized carbons (Fsp3) is 0.261. The zero-order valence-electron chi connectivity index (χ0n) is 19.8. The molecule has 0 unspecified atom stereocenters. The van der Waals surface area contributed by atoms with Gasteiger partial charge in [0.1, 0.15) is 11.6 Å². The Balaban J connectivity index is 1.58. The number of amides is 3. The molecule has 36 heavy (non-hydrogen) atoms. The fourth-order valence-corrected chi connectivity index (χ4v) is 4.45. The summed E-state index contributed by atoms with van der Waals surface area (Å²) in [5.74, 6) is 0.271. The molecule has 4 rings (SSSR count). The molecular weight excluding hydrogens is 506 g/mol. The Labute approximate surface area is 216 Å². The number of aromatic nitrogens is 2. The van der Waals surface area contributed by atoms with Gasteiger partial charge in [-0.25, -0.2) is 9.78 Å². The SMILES string of the molecule is CCN1C(=O)CN(C(C)=O)Cc2ccc(Nc3ncc(Cl)c(Nc4ccsc4OC(=O)NC)n3)cc21. The summed E-state index contributed by atoms with van der Waals surface area (Å²) in [6.07, 6.45) is 0.854. The second-order valence-corrected chi connectivity index (χ2v) is 9.04. The van der Waals surface area contributed by atoms with Crippen LogP contribution in [0.15, 0.2) is 35.8 Å². The molecule has 3 heterocycles. The molecule has 0 saturated heterocycles. The van der Waals surface area contributed by atoms with E-state index in [0.717, 1.165) is 11.3 Å². The summed E-state index contributed by atoms with van der Waals surface area (Å²) >= 11 is 7.54. The molecule has 0 aliphatic carbocycles. The maximum atomic E-state index is 12.8. The van der Waals surface area contributed by atoms with Gasteiger partial charge in [0.05, 0.1) is 17.6 Å². The van der Waals surface area contributed by atoms with E-state index in [1.807, 2.05) is 25.1 Å². The lowest BCUT2D eigenvalue weighted by Gasteiger charge is -2.21. The van der Waals surface area contributed by atoms with Gasteiger partial charge < -0.3 is 30.5 Å². The molecule has 0 spiro atoms. The first-order chi connectivity index (χ1) is 17.3. The summed E-state index contributed by atoms with van der Waals surface area (Å²) in [6.45, 7) is 4.19. The van der Waals surface area contributed by atoms with E-state index in [4.69, 9.17) is 16.3 Å². The first-order valence-corrected chi connectivity index (χ1v) is 12.3. The Bertz CT molecular complexity index is 1320. The predicted molar refractivity (Wildman–Crippen MR) is 139 cm³/mol. The van der Waals surface area contributed by atoms with Gasteiger partial charge in [-0.05, 0) is 36.1 Å². The molecule has 0 atom stereocenters. The predicted octanol–water partition coefficient (Wildman–Crippen LogP) is 4.11. The van der Waals surface area contributed by atoms with Gasteiger partial charge in [0, 0.05) is 32.7 Å². The van der Waals surface area contributed by atoms with E-state index < -0.39 is 6.09 Å². The maximum absolute atomic E-state index is 12.8. The minimum Gasteiger partial charge on any atom is -0.397 e. The first-order valence-electron chi connectivity index (χ1n) is 11.0. The second kappa shape index (κ2) is 10.8. The molecule has 1 aliphatic heterocycles.